The number of hydrogen-bond donors (Lipinski definition) is 1. The minimum Gasteiger partial charge on any atom is -0.324 e. The molecule has 1 aromatic heterocycles. The fraction of sp³-hybridized carbons (Fsp3) is 0.250. The number of nitrogens with two attached hydrogens (primary N) is 1. The zero-order valence-electron chi connectivity index (χ0n) is 9.88. The first-order valence-electron chi connectivity index (χ1n) is 5.61. The van der Waals surface area contributed by atoms with Gasteiger partial charge in [-0.3, -0.25) is 4.79 Å². The molecule has 2 aromatic rings. The summed E-state index contributed by atoms with van der Waals surface area (Å²) in [4.78, 5) is 13.3. The average Bonchev–Trinajstić information content (AvgIpc) is 2.95. The molecule has 6 heteroatoms. The van der Waals surface area contributed by atoms with Crippen molar-refractivity contribution in [1.82, 2.24) is 10.2 Å². The van der Waals surface area contributed by atoms with Crippen molar-refractivity contribution in [2.75, 3.05) is 11.9 Å². The average molecular weight is 260 g/mol. The molecule has 0 aliphatic carbocycles. The normalized spacial score (nSPS) is 14.1. The first kappa shape index (κ1) is 11.3. The summed E-state index contributed by atoms with van der Waals surface area (Å²) in [5, 5.41) is 9.78. The molecule has 1 aliphatic heterocycles. The molecule has 0 saturated heterocycles. The second kappa shape index (κ2) is 4.15. The Labute approximate surface area is 108 Å². The largest absolute Gasteiger partial charge is 0.324 e. The number of nitrogens with zero attached hydrogens (tertiary/aromatic N) is 3. The van der Waals surface area contributed by atoms with Crippen LogP contribution in [-0.2, 0) is 17.8 Å². The summed E-state index contributed by atoms with van der Waals surface area (Å²) >= 11 is 1.49. The monoisotopic (exact) mass is 260 g/mol. The SMILES string of the molecule is CN1C(=O)Cc2cc(-c3nnc(CN)s3)ccc21. The lowest BCUT2D eigenvalue weighted by molar-refractivity contribution is -0.117. The summed E-state index contributed by atoms with van der Waals surface area (Å²) in [6.45, 7) is 0.407. The molecule has 5 nitrogen and oxygen atoms in total. The van der Waals surface area contributed by atoms with Gasteiger partial charge in [0.1, 0.15) is 10.0 Å². The summed E-state index contributed by atoms with van der Waals surface area (Å²) in [6, 6.07) is 5.94. The van der Waals surface area contributed by atoms with Crippen LogP contribution in [-0.4, -0.2) is 23.2 Å². The molecule has 92 valence electrons. The molecule has 0 spiro atoms. The highest BCUT2D eigenvalue weighted by molar-refractivity contribution is 7.14. The van der Waals surface area contributed by atoms with Crippen LogP contribution < -0.4 is 10.6 Å². The molecule has 2 N–H and O–H groups in total. The van der Waals surface area contributed by atoms with Crippen molar-refractivity contribution < 1.29 is 4.79 Å². The van der Waals surface area contributed by atoms with Gasteiger partial charge in [0, 0.05) is 24.8 Å². The van der Waals surface area contributed by atoms with Crippen LogP contribution in [0.5, 0.6) is 0 Å². The summed E-state index contributed by atoms with van der Waals surface area (Å²) in [7, 11) is 1.80. The van der Waals surface area contributed by atoms with Gasteiger partial charge in [0.2, 0.25) is 5.91 Å². The van der Waals surface area contributed by atoms with E-state index in [1.54, 1.807) is 11.9 Å². The third-order valence-corrected chi connectivity index (χ3v) is 4.04. The molecule has 0 unspecified atom stereocenters. The molecule has 1 aliphatic rings. The van der Waals surface area contributed by atoms with Gasteiger partial charge >= 0.3 is 0 Å². The Morgan fingerprint density at radius 2 is 2.28 bits per heavy atom. The number of aromatic nitrogens is 2. The molecular formula is C12H12N4OS. The van der Waals surface area contributed by atoms with E-state index in [2.05, 4.69) is 10.2 Å². The molecule has 0 bridgehead atoms. The molecular weight excluding hydrogens is 248 g/mol. The van der Waals surface area contributed by atoms with Gasteiger partial charge in [-0.05, 0) is 23.8 Å². The maximum absolute atomic E-state index is 11.6. The van der Waals surface area contributed by atoms with Crippen molar-refractivity contribution in [2.24, 2.45) is 5.73 Å². The van der Waals surface area contributed by atoms with E-state index in [1.165, 1.54) is 11.3 Å². The van der Waals surface area contributed by atoms with Crippen molar-refractivity contribution in [3.05, 3.63) is 28.8 Å². The predicted octanol–water partition coefficient (Wildman–Crippen LogP) is 1.18. The highest BCUT2D eigenvalue weighted by Crippen LogP contribution is 2.32. The molecule has 0 atom stereocenters. The molecule has 1 amide bonds. The third-order valence-electron chi connectivity index (χ3n) is 3.05. The van der Waals surface area contributed by atoms with E-state index in [0.29, 0.717) is 13.0 Å². The maximum Gasteiger partial charge on any atom is 0.231 e. The van der Waals surface area contributed by atoms with Crippen LogP contribution in [0.1, 0.15) is 10.6 Å². The Balaban J connectivity index is 2.01. The van der Waals surface area contributed by atoms with Crippen molar-refractivity contribution in [1.29, 1.82) is 0 Å². The standard InChI is InChI=1S/C12H12N4OS/c1-16-9-3-2-7(4-8(9)5-11(16)17)12-15-14-10(6-13)18-12/h2-4H,5-6,13H2,1H3. The smallest absolute Gasteiger partial charge is 0.231 e. The highest BCUT2D eigenvalue weighted by atomic mass is 32.1. The van der Waals surface area contributed by atoms with Crippen LogP contribution >= 0.6 is 11.3 Å². The van der Waals surface area contributed by atoms with Crippen LogP contribution in [0.4, 0.5) is 5.69 Å². The zero-order chi connectivity index (χ0) is 12.7. The fourth-order valence-corrected chi connectivity index (χ4v) is 2.77. The van der Waals surface area contributed by atoms with Crippen LogP contribution in [0.25, 0.3) is 10.6 Å². The minimum absolute atomic E-state index is 0.127. The van der Waals surface area contributed by atoms with Crippen LogP contribution in [0, 0.1) is 0 Å². The van der Waals surface area contributed by atoms with Gasteiger partial charge in [-0.1, -0.05) is 11.3 Å². The number of fused-ring (bicyclic) bond motifs is 1. The zero-order valence-corrected chi connectivity index (χ0v) is 10.7. The Morgan fingerprint density at radius 1 is 1.44 bits per heavy atom. The Bertz CT molecular complexity index is 622. The number of rotatable bonds is 2. The van der Waals surface area contributed by atoms with E-state index in [1.807, 2.05) is 18.2 Å². The number of likely N-dealkylation sites (N-methyl/N-ethyl adjacent to an activating group) is 1. The Morgan fingerprint density at radius 3 is 3.00 bits per heavy atom. The van der Waals surface area contributed by atoms with E-state index in [0.717, 1.165) is 26.8 Å². The molecule has 1 aromatic carbocycles. The van der Waals surface area contributed by atoms with Crippen molar-refractivity contribution in [2.45, 2.75) is 13.0 Å². The van der Waals surface area contributed by atoms with Crippen LogP contribution in [0.15, 0.2) is 18.2 Å². The van der Waals surface area contributed by atoms with E-state index in [4.69, 9.17) is 5.73 Å². The quantitative estimate of drug-likeness (QED) is 0.880. The lowest BCUT2D eigenvalue weighted by Gasteiger charge is -2.09. The third kappa shape index (κ3) is 1.70. The molecule has 3 rings (SSSR count). The maximum atomic E-state index is 11.6. The summed E-state index contributed by atoms with van der Waals surface area (Å²) in [5.74, 6) is 0.127. The number of anilines is 1. The van der Waals surface area contributed by atoms with Gasteiger partial charge in [0.05, 0.1) is 6.42 Å². The van der Waals surface area contributed by atoms with Gasteiger partial charge < -0.3 is 10.6 Å². The van der Waals surface area contributed by atoms with E-state index < -0.39 is 0 Å². The van der Waals surface area contributed by atoms with Gasteiger partial charge in [-0.2, -0.15) is 0 Å². The van der Waals surface area contributed by atoms with Crippen LogP contribution in [0.3, 0.4) is 0 Å². The Hall–Kier alpha value is -1.79. The molecule has 0 radical (unpaired) electrons. The van der Waals surface area contributed by atoms with E-state index in [-0.39, 0.29) is 5.91 Å². The second-order valence-electron chi connectivity index (χ2n) is 4.18. The van der Waals surface area contributed by atoms with Crippen molar-refractivity contribution >= 4 is 22.9 Å². The fourth-order valence-electron chi connectivity index (χ4n) is 2.06. The van der Waals surface area contributed by atoms with Gasteiger partial charge in [0.25, 0.3) is 0 Å². The second-order valence-corrected chi connectivity index (χ2v) is 5.24. The predicted molar refractivity (Wildman–Crippen MR) is 70.4 cm³/mol. The first-order valence-corrected chi connectivity index (χ1v) is 6.43. The van der Waals surface area contributed by atoms with Crippen molar-refractivity contribution in [3.63, 3.8) is 0 Å². The first-order chi connectivity index (χ1) is 8.69. The highest BCUT2D eigenvalue weighted by Gasteiger charge is 2.24. The number of hydrogen-bond acceptors (Lipinski definition) is 5. The van der Waals surface area contributed by atoms with E-state index >= 15 is 0 Å². The lowest BCUT2D eigenvalue weighted by Crippen LogP contribution is -2.20. The van der Waals surface area contributed by atoms with Gasteiger partial charge in [-0.25, -0.2) is 0 Å². The molecule has 0 saturated carbocycles. The minimum atomic E-state index is 0.127. The molecule has 0 fully saturated rings. The lowest BCUT2D eigenvalue weighted by atomic mass is 10.1. The van der Waals surface area contributed by atoms with Crippen molar-refractivity contribution in [3.8, 4) is 10.6 Å². The summed E-state index contributed by atoms with van der Waals surface area (Å²) in [6.07, 6.45) is 0.461. The van der Waals surface area contributed by atoms with Crippen LogP contribution in [0.2, 0.25) is 0 Å². The Kier molecular flexibility index (Phi) is 2.61. The molecule has 18 heavy (non-hydrogen) atoms. The number of amides is 1. The number of carbonyl (C=O) groups excluding carboxylic acids is 1. The molecule has 2 heterocycles. The summed E-state index contributed by atoms with van der Waals surface area (Å²) in [5.41, 5.74) is 8.54. The van der Waals surface area contributed by atoms with E-state index in [9.17, 15) is 4.79 Å². The van der Waals surface area contributed by atoms with Gasteiger partial charge in [-0.15, -0.1) is 10.2 Å². The van der Waals surface area contributed by atoms with Gasteiger partial charge in [0.15, 0.2) is 0 Å². The number of carbonyl (C=O) groups is 1. The number of benzene rings is 1. The topological polar surface area (TPSA) is 72.1 Å². The summed E-state index contributed by atoms with van der Waals surface area (Å²) < 4.78 is 0.